The molecule has 1 N–H and O–H groups in total. The van der Waals surface area contributed by atoms with Crippen molar-refractivity contribution in [3.63, 3.8) is 0 Å². The van der Waals surface area contributed by atoms with Crippen molar-refractivity contribution in [1.29, 1.82) is 0 Å². The van der Waals surface area contributed by atoms with Crippen molar-refractivity contribution in [3.05, 3.63) is 88.0 Å². The number of thiazole rings is 1. The van der Waals surface area contributed by atoms with E-state index in [2.05, 4.69) is 9.97 Å². The van der Waals surface area contributed by atoms with Gasteiger partial charge in [-0.3, -0.25) is 19.5 Å². The van der Waals surface area contributed by atoms with Crippen LogP contribution in [-0.2, 0) is 9.59 Å². The topological polar surface area (TPSA) is 92.6 Å². The zero-order chi connectivity index (χ0) is 27.1. The Morgan fingerprint density at radius 3 is 2.61 bits per heavy atom. The molecular formula is C28H23ClFN3O4S. The van der Waals surface area contributed by atoms with Crippen molar-refractivity contribution < 1.29 is 23.8 Å². The Morgan fingerprint density at radius 2 is 1.92 bits per heavy atom. The van der Waals surface area contributed by atoms with Crippen LogP contribution in [0, 0.1) is 5.82 Å². The number of fused-ring (bicyclic) bond motifs is 1. The zero-order valence-electron chi connectivity index (χ0n) is 20.7. The third-order valence-corrected chi connectivity index (χ3v) is 7.60. The van der Waals surface area contributed by atoms with Gasteiger partial charge in [-0.15, -0.1) is 0 Å². The van der Waals surface area contributed by atoms with Gasteiger partial charge in [0.05, 0.1) is 33.5 Å². The van der Waals surface area contributed by atoms with Crippen molar-refractivity contribution >= 4 is 55.7 Å². The maximum absolute atomic E-state index is 14.1. The molecule has 1 unspecified atom stereocenters. The predicted octanol–water partition coefficient (Wildman–Crippen LogP) is 6.63. The molecule has 5 rings (SSSR count). The number of aliphatic hydroxyl groups excluding tert-OH is 1. The number of halogens is 2. The maximum atomic E-state index is 14.1. The van der Waals surface area contributed by atoms with Crippen LogP contribution >= 0.6 is 22.9 Å². The lowest BCUT2D eigenvalue weighted by atomic mass is 9.93. The van der Waals surface area contributed by atoms with Crippen LogP contribution in [0.1, 0.15) is 49.4 Å². The van der Waals surface area contributed by atoms with Crippen LogP contribution in [0.4, 0.5) is 9.52 Å². The van der Waals surface area contributed by atoms with Crippen LogP contribution in [0.25, 0.3) is 16.0 Å². The van der Waals surface area contributed by atoms with Crippen molar-refractivity contribution in [2.24, 2.45) is 0 Å². The first-order chi connectivity index (χ1) is 18.2. The average molecular weight is 552 g/mol. The van der Waals surface area contributed by atoms with Crippen LogP contribution in [0.2, 0.25) is 5.02 Å². The lowest BCUT2D eigenvalue weighted by Gasteiger charge is -2.23. The van der Waals surface area contributed by atoms with Crippen molar-refractivity contribution in [3.8, 4) is 5.75 Å². The first-order valence-corrected chi connectivity index (χ1v) is 13.1. The quantitative estimate of drug-likeness (QED) is 0.164. The maximum Gasteiger partial charge on any atom is 0.301 e. The summed E-state index contributed by atoms with van der Waals surface area (Å²) in [5.74, 6) is -1.86. The molecule has 0 spiro atoms. The second kappa shape index (κ2) is 10.2. The summed E-state index contributed by atoms with van der Waals surface area (Å²) < 4.78 is 20.3. The number of ether oxygens (including phenoxy) is 1. The molecular weight excluding hydrogens is 529 g/mol. The van der Waals surface area contributed by atoms with E-state index in [1.165, 1.54) is 29.4 Å². The number of aromatic nitrogens is 2. The summed E-state index contributed by atoms with van der Waals surface area (Å²) in [6, 6.07) is 10.1. The average Bonchev–Trinajstić information content (AvgIpc) is 3.42. The van der Waals surface area contributed by atoms with Gasteiger partial charge in [0.25, 0.3) is 5.78 Å². The van der Waals surface area contributed by atoms with Gasteiger partial charge in [0.15, 0.2) is 5.13 Å². The molecule has 1 aliphatic rings. The third-order valence-electron chi connectivity index (χ3n) is 6.30. The standard InChI is InChI=1S/C28H23ClFN3O4S/c1-4-37-21-6-5-16(11-17(21)14(2)3)25(34)23-24(15-7-9-31-10-8-15)33(27(36)26(23)35)28-32-20-12-18(29)19(30)13-22(20)38-28/h5-14,24,34H,4H2,1-3H3/b25-23+. The molecule has 1 amide bonds. The molecule has 1 aliphatic heterocycles. The second-order valence-corrected chi connectivity index (χ2v) is 10.4. The number of benzene rings is 2. The van der Waals surface area contributed by atoms with E-state index in [-0.39, 0.29) is 27.4 Å². The molecule has 194 valence electrons. The van der Waals surface area contributed by atoms with E-state index < -0.39 is 23.5 Å². The fourth-order valence-electron chi connectivity index (χ4n) is 4.49. The highest BCUT2D eigenvalue weighted by atomic mass is 35.5. The van der Waals surface area contributed by atoms with Crippen molar-refractivity contribution in [1.82, 2.24) is 9.97 Å². The van der Waals surface area contributed by atoms with E-state index in [0.29, 0.717) is 33.7 Å². The summed E-state index contributed by atoms with van der Waals surface area (Å²) in [6.45, 7) is 6.37. The summed E-state index contributed by atoms with van der Waals surface area (Å²) >= 11 is 6.98. The Balaban J connectivity index is 1.70. The zero-order valence-corrected chi connectivity index (χ0v) is 22.3. The van der Waals surface area contributed by atoms with Gasteiger partial charge in [-0.2, -0.15) is 0 Å². The molecule has 4 aromatic rings. The van der Waals surface area contributed by atoms with Gasteiger partial charge in [0.1, 0.15) is 17.3 Å². The largest absolute Gasteiger partial charge is 0.507 e. The number of anilines is 1. The summed E-state index contributed by atoms with van der Waals surface area (Å²) in [5.41, 5.74) is 2.10. The van der Waals surface area contributed by atoms with Crippen molar-refractivity contribution in [2.75, 3.05) is 11.5 Å². The molecule has 3 heterocycles. The number of amides is 1. The molecule has 7 nitrogen and oxygen atoms in total. The first-order valence-electron chi connectivity index (χ1n) is 11.9. The molecule has 1 atom stereocenters. The Hall–Kier alpha value is -3.82. The van der Waals surface area contributed by atoms with E-state index in [0.717, 1.165) is 16.9 Å². The van der Waals surface area contributed by atoms with Gasteiger partial charge >= 0.3 is 5.91 Å². The molecule has 0 saturated carbocycles. The lowest BCUT2D eigenvalue weighted by molar-refractivity contribution is -0.132. The SMILES string of the molecule is CCOc1ccc(/C(O)=C2\C(=O)C(=O)N(c3nc4cc(Cl)c(F)cc4s3)C2c2ccncc2)cc1C(C)C. The number of ketones is 1. The minimum absolute atomic E-state index is 0.0801. The Morgan fingerprint density at radius 1 is 1.18 bits per heavy atom. The molecule has 38 heavy (non-hydrogen) atoms. The minimum atomic E-state index is -0.979. The summed E-state index contributed by atoms with van der Waals surface area (Å²) in [5, 5.41) is 11.6. The fourth-order valence-corrected chi connectivity index (χ4v) is 5.65. The molecule has 1 saturated heterocycles. The highest BCUT2D eigenvalue weighted by molar-refractivity contribution is 7.22. The molecule has 2 aromatic carbocycles. The van der Waals surface area contributed by atoms with E-state index >= 15 is 0 Å². The lowest BCUT2D eigenvalue weighted by Crippen LogP contribution is -2.29. The molecule has 10 heteroatoms. The summed E-state index contributed by atoms with van der Waals surface area (Å²) in [4.78, 5) is 36.6. The van der Waals surface area contributed by atoms with Gasteiger partial charge in [0.2, 0.25) is 0 Å². The van der Waals surface area contributed by atoms with Gasteiger partial charge in [-0.1, -0.05) is 36.8 Å². The summed E-state index contributed by atoms with van der Waals surface area (Å²) in [7, 11) is 0. The highest BCUT2D eigenvalue weighted by Crippen LogP contribution is 2.45. The Kier molecular flexibility index (Phi) is 6.90. The number of rotatable bonds is 6. The number of nitrogens with zero attached hydrogens (tertiary/aromatic N) is 3. The molecule has 0 aliphatic carbocycles. The number of hydrogen-bond acceptors (Lipinski definition) is 7. The first kappa shape index (κ1) is 25.8. The number of carbonyl (C=O) groups is 2. The molecule has 1 fully saturated rings. The van der Waals surface area contributed by atoms with Crippen LogP contribution in [-0.4, -0.2) is 33.4 Å². The van der Waals surface area contributed by atoms with E-state index in [1.807, 2.05) is 20.8 Å². The number of aliphatic hydroxyl groups is 1. The molecule has 2 aromatic heterocycles. The van der Waals surface area contributed by atoms with Crippen LogP contribution in [0.3, 0.4) is 0 Å². The van der Waals surface area contributed by atoms with Gasteiger partial charge in [-0.05, 0) is 66.4 Å². The normalized spacial score (nSPS) is 17.1. The fraction of sp³-hybridized carbons (Fsp3) is 0.214. The van der Waals surface area contributed by atoms with Crippen LogP contribution < -0.4 is 9.64 Å². The van der Waals surface area contributed by atoms with Gasteiger partial charge < -0.3 is 9.84 Å². The number of pyridine rings is 1. The van der Waals surface area contributed by atoms with E-state index in [4.69, 9.17) is 16.3 Å². The second-order valence-electron chi connectivity index (χ2n) is 9.02. The number of Topliss-reactive ketones (excluding diaryl/α,β-unsaturated/α-hetero) is 1. The number of carbonyl (C=O) groups excluding carboxylic acids is 2. The van der Waals surface area contributed by atoms with E-state index in [9.17, 15) is 19.1 Å². The van der Waals surface area contributed by atoms with Gasteiger partial charge in [-0.25, -0.2) is 9.37 Å². The molecule has 0 radical (unpaired) electrons. The third kappa shape index (κ3) is 4.41. The van der Waals surface area contributed by atoms with Crippen molar-refractivity contribution in [2.45, 2.75) is 32.7 Å². The minimum Gasteiger partial charge on any atom is -0.507 e. The van der Waals surface area contributed by atoms with Crippen LogP contribution in [0.15, 0.2) is 60.4 Å². The van der Waals surface area contributed by atoms with E-state index in [1.54, 1.807) is 30.3 Å². The molecule has 0 bridgehead atoms. The van der Waals surface area contributed by atoms with Crippen LogP contribution in [0.5, 0.6) is 5.75 Å². The highest BCUT2D eigenvalue weighted by Gasteiger charge is 2.48. The predicted molar refractivity (Wildman–Crippen MR) is 145 cm³/mol. The van der Waals surface area contributed by atoms with Gasteiger partial charge in [0, 0.05) is 18.0 Å². The Labute approximate surface area is 227 Å². The smallest absolute Gasteiger partial charge is 0.301 e. The number of hydrogen-bond donors (Lipinski definition) is 1. The Bertz CT molecular complexity index is 1560. The summed E-state index contributed by atoms with van der Waals surface area (Å²) in [6.07, 6.45) is 3.08. The monoisotopic (exact) mass is 551 g/mol.